The Morgan fingerprint density at radius 3 is 2.50 bits per heavy atom. The molecule has 0 aromatic heterocycles. The number of benzene rings is 2. The maximum atomic E-state index is 12.5. The fraction of sp³-hybridized carbons (Fsp3) is 0.222. The average Bonchev–Trinajstić information content (AvgIpc) is 2.60. The molecule has 0 bridgehead atoms. The molecule has 0 aliphatic heterocycles. The lowest BCUT2D eigenvalue weighted by Crippen LogP contribution is -2.26. The average molecular weight is 344 g/mol. The zero-order valence-corrected chi connectivity index (χ0v) is 14.5. The molecule has 0 aliphatic carbocycles. The minimum atomic E-state index is -0.558. The van der Waals surface area contributed by atoms with Gasteiger partial charge in [-0.2, -0.15) is 0 Å². The van der Waals surface area contributed by atoms with Crippen molar-refractivity contribution < 1.29 is 14.3 Å². The highest BCUT2D eigenvalue weighted by atomic mass is 32.2. The third kappa shape index (κ3) is 5.03. The van der Waals surface area contributed by atoms with Gasteiger partial charge in [0.1, 0.15) is 5.75 Å². The van der Waals surface area contributed by atoms with Crippen LogP contribution >= 0.6 is 11.8 Å². The fourth-order valence-electron chi connectivity index (χ4n) is 2.17. The quantitative estimate of drug-likeness (QED) is 0.784. The van der Waals surface area contributed by atoms with E-state index < -0.39 is 5.91 Å². The van der Waals surface area contributed by atoms with Gasteiger partial charge in [0.25, 0.3) is 11.8 Å². The van der Waals surface area contributed by atoms with E-state index in [4.69, 9.17) is 10.5 Å². The Morgan fingerprint density at radius 1 is 1.17 bits per heavy atom. The Balaban J connectivity index is 2.03. The lowest BCUT2D eigenvalue weighted by atomic mass is 10.1. The van der Waals surface area contributed by atoms with Gasteiger partial charge in [-0.1, -0.05) is 18.2 Å². The van der Waals surface area contributed by atoms with Gasteiger partial charge >= 0.3 is 0 Å². The third-order valence-electron chi connectivity index (χ3n) is 3.39. The molecule has 126 valence electrons. The molecule has 0 spiro atoms. The topological polar surface area (TPSA) is 72.6 Å². The lowest BCUT2D eigenvalue weighted by Gasteiger charge is -2.18. The predicted octanol–water partition coefficient (Wildman–Crippen LogP) is 2.54. The second-order valence-electron chi connectivity index (χ2n) is 5.29. The van der Waals surface area contributed by atoms with E-state index in [9.17, 15) is 9.59 Å². The molecule has 0 saturated carbocycles. The van der Waals surface area contributed by atoms with Gasteiger partial charge < -0.3 is 15.4 Å². The van der Waals surface area contributed by atoms with Crippen molar-refractivity contribution in [1.29, 1.82) is 0 Å². The molecule has 6 heteroatoms. The van der Waals surface area contributed by atoms with Crippen LogP contribution in [0.3, 0.4) is 0 Å². The summed E-state index contributed by atoms with van der Waals surface area (Å²) in [6.45, 7) is 0.301. The molecule has 0 fully saturated rings. The highest BCUT2D eigenvalue weighted by molar-refractivity contribution is 7.98. The summed E-state index contributed by atoms with van der Waals surface area (Å²) in [4.78, 5) is 26.1. The van der Waals surface area contributed by atoms with E-state index >= 15 is 0 Å². The molecule has 0 radical (unpaired) electrons. The van der Waals surface area contributed by atoms with Gasteiger partial charge in [0.2, 0.25) is 0 Å². The normalized spacial score (nSPS) is 10.2. The van der Waals surface area contributed by atoms with E-state index in [1.54, 1.807) is 48.0 Å². The molecule has 2 rings (SSSR count). The molecular weight excluding hydrogens is 324 g/mol. The van der Waals surface area contributed by atoms with Gasteiger partial charge in [-0.05, 0) is 42.2 Å². The van der Waals surface area contributed by atoms with E-state index in [2.05, 4.69) is 0 Å². The predicted molar refractivity (Wildman–Crippen MR) is 95.2 cm³/mol. The second kappa shape index (κ2) is 8.40. The van der Waals surface area contributed by atoms with Crippen LogP contribution in [-0.4, -0.2) is 36.6 Å². The maximum Gasteiger partial charge on any atom is 0.255 e. The first-order chi connectivity index (χ1) is 11.5. The molecule has 2 aromatic carbocycles. The Morgan fingerprint density at radius 2 is 1.88 bits per heavy atom. The smallest absolute Gasteiger partial charge is 0.255 e. The van der Waals surface area contributed by atoms with E-state index in [0.29, 0.717) is 17.9 Å². The Kier molecular flexibility index (Phi) is 6.26. The number of ether oxygens (including phenoxy) is 1. The monoisotopic (exact) mass is 344 g/mol. The summed E-state index contributed by atoms with van der Waals surface area (Å²) in [7, 11) is 1.75. The van der Waals surface area contributed by atoms with Crippen molar-refractivity contribution in [3.63, 3.8) is 0 Å². The SMILES string of the molecule is CSc1ccc(CN(C)C(=O)c2cccc(OCC(N)=O)c2)cc1. The number of nitrogens with two attached hydrogens (primary N) is 1. The minimum Gasteiger partial charge on any atom is -0.484 e. The largest absolute Gasteiger partial charge is 0.484 e. The molecule has 2 aromatic rings. The van der Waals surface area contributed by atoms with E-state index in [0.717, 1.165) is 5.56 Å². The molecule has 0 atom stereocenters. The summed E-state index contributed by atoms with van der Waals surface area (Å²) >= 11 is 1.68. The molecule has 24 heavy (non-hydrogen) atoms. The first kappa shape index (κ1) is 17.9. The summed E-state index contributed by atoms with van der Waals surface area (Å²) in [6, 6.07) is 14.8. The number of hydrogen-bond acceptors (Lipinski definition) is 4. The highest BCUT2D eigenvalue weighted by Crippen LogP contribution is 2.18. The number of carbonyl (C=O) groups is 2. The summed E-state index contributed by atoms with van der Waals surface area (Å²) in [5, 5.41) is 0. The van der Waals surface area contributed by atoms with E-state index in [1.165, 1.54) is 4.90 Å². The standard InChI is InChI=1S/C18H20N2O3S/c1-20(11-13-6-8-16(24-2)9-7-13)18(22)14-4-3-5-15(10-14)23-12-17(19)21/h3-10H,11-12H2,1-2H3,(H2,19,21). The van der Waals surface area contributed by atoms with Crippen LogP contribution in [0.15, 0.2) is 53.4 Å². The first-order valence-corrected chi connectivity index (χ1v) is 8.61. The van der Waals surface area contributed by atoms with Crippen molar-refractivity contribution in [2.45, 2.75) is 11.4 Å². The first-order valence-electron chi connectivity index (χ1n) is 7.39. The van der Waals surface area contributed by atoms with Gasteiger partial charge in [-0.3, -0.25) is 9.59 Å². The molecule has 5 nitrogen and oxygen atoms in total. The molecule has 0 unspecified atom stereocenters. The number of thioether (sulfide) groups is 1. The lowest BCUT2D eigenvalue weighted by molar-refractivity contribution is -0.119. The van der Waals surface area contributed by atoms with Gasteiger partial charge in [-0.15, -0.1) is 11.8 Å². The zero-order chi connectivity index (χ0) is 17.5. The Hall–Kier alpha value is -2.47. The third-order valence-corrected chi connectivity index (χ3v) is 4.13. The molecule has 0 saturated heterocycles. The van der Waals surface area contributed by atoms with E-state index in [-0.39, 0.29) is 12.5 Å². The van der Waals surface area contributed by atoms with Crippen molar-refractivity contribution in [3.05, 3.63) is 59.7 Å². The van der Waals surface area contributed by atoms with Crippen molar-refractivity contribution >= 4 is 23.6 Å². The summed E-state index contributed by atoms with van der Waals surface area (Å²) < 4.78 is 5.23. The van der Waals surface area contributed by atoms with Crippen molar-refractivity contribution in [3.8, 4) is 5.75 Å². The van der Waals surface area contributed by atoms with Crippen molar-refractivity contribution in [1.82, 2.24) is 4.90 Å². The maximum absolute atomic E-state index is 12.5. The summed E-state index contributed by atoms with van der Waals surface area (Å²) in [5.74, 6) is -0.233. The number of nitrogens with zero attached hydrogens (tertiary/aromatic N) is 1. The van der Waals surface area contributed by atoms with Crippen molar-refractivity contribution in [2.24, 2.45) is 5.73 Å². The molecule has 2 N–H and O–H groups in total. The van der Waals surface area contributed by atoms with Crippen LogP contribution < -0.4 is 10.5 Å². The van der Waals surface area contributed by atoms with Crippen LogP contribution in [0.25, 0.3) is 0 Å². The Labute approximate surface area is 145 Å². The number of hydrogen-bond donors (Lipinski definition) is 1. The van der Waals surface area contributed by atoms with E-state index in [1.807, 2.05) is 30.5 Å². The van der Waals surface area contributed by atoms with Crippen molar-refractivity contribution in [2.75, 3.05) is 19.9 Å². The highest BCUT2D eigenvalue weighted by Gasteiger charge is 2.13. The number of carbonyl (C=O) groups excluding carboxylic acids is 2. The molecule has 0 heterocycles. The fourth-order valence-corrected chi connectivity index (χ4v) is 2.58. The second-order valence-corrected chi connectivity index (χ2v) is 6.17. The number of amides is 2. The number of rotatable bonds is 7. The van der Waals surface area contributed by atoms with Gasteiger partial charge in [0.15, 0.2) is 6.61 Å². The molecular formula is C18H20N2O3S. The van der Waals surface area contributed by atoms with Gasteiger partial charge in [0.05, 0.1) is 0 Å². The number of primary amides is 1. The van der Waals surface area contributed by atoms with Crippen LogP contribution in [0, 0.1) is 0 Å². The molecule has 0 aliphatic rings. The summed E-state index contributed by atoms with van der Waals surface area (Å²) in [6.07, 6.45) is 2.03. The summed E-state index contributed by atoms with van der Waals surface area (Å²) in [5.41, 5.74) is 6.61. The molecule has 2 amide bonds. The van der Waals surface area contributed by atoms with Crippen LogP contribution in [0.2, 0.25) is 0 Å². The Bertz CT molecular complexity index is 716. The zero-order valence-electron chi connectivity index (χ0n) is 13.7. The van der Waals surface area contributed by atoms with Crippen LogP contribution in [0.1, 0.15) is 15.9 Å². The minimum absolute atomic E-state index is 0.117. The van der Waals surface area contributed by atoms with Gasteiger partial charge in [0, 0.05) is 24.1 Å². The van der Waals surface area contributed by atoms with Crippen LogP contribution in [0.4, 0.5) is 0 Å². The van der Waals surface area contributed by atoms with Gasteiger partial charge in [-0.25, -0.2) is 0 Å². The van der Waals surface area contributed by atoms with Crippen LogP contribution in [-0.2, 0) is 11.3 Å². The van der Waals surface area contributed by atoms with Crippen LogP contribution in [0.5, 0.6) is 5.75 Å².